The molecule has 2 amide bonds. The van der Waals surface area contributed by atoms with Gasteiger partial charge in [-0.2, -0.15) is 0 Å². The van der Waals surface area contributed by atoms with Crippen LogP contribution in [0.2, 0.25) is 0 Å². The van der Waals surface area contributed by atoms with Crippen LogP contribution in [0.3, 0.4) is 0 Å². The number of likely N-dealkylation sites (tertiary alicyclic amines) is 1. The first-order chi connectivity index (χ1) is 11.3. The number of amides is 2. The Morgan fingerprint density at radius 3 is 2.62 bits per heavy atom. The summed E-state index contributed by atoms with van der Waals surface area (Å²) in [6.07, 6.45) is 0. The molecule has 2 saturated heterocycles. The van der Waals surface area contributed by atoms with Crippen LogP contribution in [0.15, 0.2) is 24.3 Å². The van der Waals surface area contributed by atoms with Gasteiger partial charge in [-0.15, -0.1) is 0 Å². The molecule has 2 aliphatic heterocycles. The lowest BCUT2D eigenvalue weighted by Crippen LogP contribution is -2.53. The molecule has 2 heterocycles. The molecule has 0 aliphatic carbocycles. The van der Waals surface area contributed by atoms with Gasteiger partial charge >= 0.3 is 5.97 Å². The van der Waals surface area contributed by atoms with Crippen LogP contribution in [0, 0.1) is 17.7 Å². The smallest absolute Gasteiger partial charge is 0.326 e. The van der Waals surface area contributed by atoms with Gasteiger partial charge in [-0.25, -0.2) is 4.39 Å². The van der Waals surface area contributed by atoms with E-state index in [0.29, 0.717) is 0 Å². The van der Waals surface area contributed by atoms with Gasteiger partial charge in [-0.3, -0.25) is 24.6 Å². The molecule has 0 unspecified atom stereocenters. The zero-order valence-electron chi connectivity index (χ0n) is 13.7. The van der Waals surface area contributed by atoms with Crippen molar-refractivity contribution in [3.05, 3.63) is 35.6 Å². The van der Waals surface area contributed by atoms with Crippen molar-refractivity contribution in [2.24, 2.45) is 11.8 Å². The van der Waals surface area contributed by atoms with Crippen molar-refractivity contribution in [2.75, 3.05) is 13.7 Å². The van der Waals surface area contributed by atoms with Gasteiger partial charge in [0, 0.05) is 18.7 Å². The van der Waals surface area contributed by atoms with Crippen LogP contribution in [-0.4, -0.2) is 41.9 Å². The molecule has 0 radical (unpaired) electrons. The van der Waals surface area contributed by atoms with Crippen molar-refractivity contribution in [2.45, 2.75) is 25.4 Å². The Morgan fingerprint density at radius 1 is 1.33 bits per heavy atom. The zero-order valence-corrected chi connectivity index (χ0v) is 13.7. The number of imide groups is 1. The molecule has 4 atom stereocenters. The predicted molar refractivity (Wildman–Crippen MR) is 82.1 cm³/mol. The van der Waals surface area contributed by atoms with Crippen molar-refractivity contribution in [1.82, 2.24) is 10.2 Å². The fraction of sp³-hybridized carbons (Fsp3) is 0.471. The number of nitrogens with one attached hydrogen (secondary N) is 1. The fourth-order valence-corrected chi connectivity index (χ4v) is 3.75. The lowest BCUT2D eigenvalue weighted by atomic mass is 9.80. The van der Waals surface area contributed by atoms with Gasteiger partial charge in [-0.1, -0.05) is 18.2 Å². The largest absolute Gasteiger partial charge is 0.465 e. The van der Waals surface area contributed by atoms with Crippen molar-refractivity contribution in [3.63, 3.8) is 0 Å². The highest BCUT2D eigenvalue weighted by molar-refractivity contribution is 6.09. The van der Waals surface area contributed by atoms with Crippen molar-refractivity contribution >= 4 is 17.8 Å². The van der Waals surface area contributed by atoms with Gasteiger partial charge in [0.2, 0.25) is 11.8 Å². The maximum atomic E-state index is 14.3. The quantitative estimate of drug-likeness (QED) is 0.660. The first-order valence-corrected chi connectivity index (χ1v) is 7.83. The Bertz CT molecular complexity index is 722. The molecule has 7 heteroatoms. The van der Waals surface area contributed by atoms with E-state index in [-0.39, 0.29) is 12.2 Å². The summed E-state index contributed by atoms with van der Waals surface area (Å²) in [6, 6.07) is 5.27. The maximum absolute atomic E-state index is 14.3. The molecule has 1 N–H and O–H groups in total. The number of carbonyl (C=O) groups excluding carboxylic acids is 3. The van der Waals surface area contributed by atoms with Gasteiger partial charge in [0.05, 0.1) is 18.4 Å². The lowest BCUT2D eigenvalue weighted by molar-refractivity contribution is -0.155. The third kappa shape index (κ3) is 2.15. The van der Waals surface area contributed by atoms with Crippen molar-refractivity contribution in [1.29, 1.82) is 0 Å². The normalized spacial score (nSPS) is 32.2. The Balaban J connectivity index is 2.10. The highest BCUT2D eigenvalue weighted by Gasteiger charge is 2.66. The van der Waals surface area contributed by atoms with Crippen molar-refractivity contribution in [3.8, 4) is 0 Å². The fourth-order valence-electron chi connectivity index (χ4n) is 3.75. The molecule has 2 fully saturated rings. The maximum Gasteiger partial charge on any atom is 0.326 e. The van der Waals surface area contributed by atoms with E-state index in [0.717, 1.165) is 4.90 Å². The van der Waals surface area contributed by atoms with Crippen LogP contribution < -0.4 is 5.32 Å². The van der Waals surface area contributed by atoms with Crippen molar-refractivity contribution < 1.29 is 23.5 Å². The molecule has 0 saturated carbocycles. The van der Waals surface area contributed by atoms with Crippen LogP contribution in [0.25, 0.3) is 0 Å². The number of nitrogens with zero attached hydrogens (tertiary/aromatic N) is 1. The monoisotopic (exact) mass is 334 g/mol. The van der Waals surface area contributed by atoms with E-state index in [9.17, 15) is 18.8 Å². The summed E-state index contributed by atoms with van der Waals surface area (Å²) in [6.45, 7) is 3.35. The average molecular weight is 334 g/mol. The zero-order chi connectivity index (χ0) is 17.6. The molecule has 2 aliphatic rings. The average Bonchev–Trinajstić information content (AvgIpc) is 2.98. The molecule has 0 spiro atoms. The summed E-state index contributed by atoms with van der Waals surface area (Å²) >= 11 is 0. The number of hydrogen-bond donors (Lipinski definition) is 1. The van der Waals surface area contributed by atoms with E-state index in [1.54, 1.807) is 25.1 Å². The van der Waals surface area contributed by atoms with E-state index in [4.69, 9.17) is 4.74 Å². The summed E-state index contributed by atoms with van der Waals surface area (Å²) in [5.74, 6) is -3.73. The minimum absolute atomic E-state index is 0.149. The number of ether oxygens (including phenoxy) is 1. The minimum atomic E-state index is -1.38. The molecule has 128 valence electrons. The molecule has 6 nitrogen and oxygen atoms in total. The first-order valence-electron chi connectivity index (χ1n) is 7.83. The molecule has 0 bridgehead atoms. The molecular formula is C17H19FN2O4. The number of rotatable bonds is 3. The number of hydrogen-bond acceptors (Lipinski definition) is 5. The van der Waals surface area contributed by atoms with Crippen LogP contribution >= 0.6 is 0 Å². The van der Waals surface area contributed by atoms with Gasteiger partial charge in [0.25, 0.3) is 0 Å². The van der Waals surface area contributed by atoms with E-state index in [1.165, 1.54) is 20.0 Å². The number of halogens is 1. The van der Waals surface area contributed by atoms with Crippen LogP contribution in [0.4, 0.5) is 4.39 Å². The number of fused-ring (bicyclic) bond motifs is 1. The minimum Gasteiger partial charge on any atom is -0.465 e. The summed E-state index contributed by atoms with van der Waals surface area (Å²) in [5.41, 5.74) is -1.12. The predicted octanol–water partition coefficient (Wildman–Crippen LogP) is 1.02. The van der Waals surface area contributed by atoms with E-state index in [2.05, 4.69) is 5.32 Å². The standard InChI is InChI=1S/C17H19FN2O4/c1-4-24-16(23)17(2)12-11(14(21)20(3)15(12)22)13(19-17)9-7-5-6-8-10(9)18/h5-8,11-13,19H,4H2,1-3H3/t11-,12-,13-,17-/m1/s1. The number of esters is 1. The Labute approximate surface area is 139 Å². The highest BCUT2D eigenvalue weighted by atomic mass is 19.1. The number of carbonyl (C=O) groups is 3. The van der Waals surface area contributed by atoms with Crippen LogP contribution in [0.1, 0.15) is 25.5 Å². The Kier molecular flexibility index (Phi) is 3.91. The summed E-state index contributed by atoms with van der Waals surface area (Å²) in [4.78, 5) is 38.6. The van der Waals surface area contributed by atoms with Crippen LogP contribution in [0.5, 0.6) is 0 Å². The van der Waals surface area contributed by atoms with Gasteiger partial charge in [-0.05, 0) is 19.9 Å². The Morgan fingerprint density at radius 2 is 2.00 bits per heavy atom. The summed E-state index contributed by atoms with van der Waals surface area (Å²) in [7, 11) is 1.38. The third-order valence-electron chi connectivity index (χ3n) is 4.95. The van der Waals surface area contributed by atoms with E-state index >= 15 is 0 Å². The molecule has 0 aromatic heterocycles. The molecular weight excluding hydrogens is 315 g/mol. The topological polar surface area (TPSA) is 75.7 Å². The van der Waals surface area contributed by atoms with Gasteiger partial charge < -0.3 is 4.74 Å². The molecule has 24 heavy (non-hydrogen) atoms. The van der Waals surface area contributed by atoms with Crippen LogP contribution in [-0.2, 0) is 19.1 Å². The molecule has 1 aromatic carbocycles. The van der Waals surface area contributed by atoms with E-state index in [1.807, 2.05) is 0 Å². The second kappa shape index (κ2) is 5.66. The van der Waals surface area contributed by atoms with E-state index < -0.39 is 47.0 Å². The number of benzene rings is 1. The second-order valence-corrected chi connectivity index (χ2v) is 6.31. The summed E-state index contributed by atoms with van der Waals surface area (Å²) in [5, 5.41) is 3.01. The lowest BCUT2D eigenvalue weighted by Gasteiger charge is -2.28. The third-order valence-corrected chi connectivity index (χ3v) is 4.95. The SMILES string of the molecule is CCOC(=O)[C@]1(C)N[C@H](c2ccccc2F)[C@@H]2C(=O)N(C)C(=O)[C@@H]21. The first kappa shape index (κ1) is 16.6. The van der Waals surface area contributed by atoms with Gasteiger partial charge in [0.1, 0.15) is 11.4 Å². The second-order valence-electron chi connectivity index (χ2n) is 6.31. The Hall–Kier alpha value is -2.28. The van der Waals surface area contributed by atoms with Gasteiger partial charge in [0.15, 0.2) is 0 Å². The summed E-state index contributed by atoms with van der Waals surface area (Å²) < 4.78 is 19.3. The molecule has 3 rings (SSSR count). The molecule has 1 aromatic rings. The highest BCUT2D eigenvalue weighted by Crippen LogP contribution is 2.48.